The average Bonchev–Trinajstić information content (AvgIpc) is 3.38. The highest BCUT2D eigenvalue weighted by Crippen LogP contribution is 2.63. The highest BCUT2D eigenvalue weighted by atomic mass is 35.5. The summed E-state index contributed by atoms with van der Waals surface area (Å²) >= 11 is 6.44. The monoisotopic (exact) mass is 534 g/mol. The number of rotatable bonds is 4. The van der Waals surface area contributed by atoms with Crippen LogP contribution in [0.4, 0.5) is 10.5 Å². The Balaban J connectivity index is 1.22. The molecule has 4 fully saturated rings. The van der Waals surface area contributed by atoms with Crippen LogP contribution in [0.5, 0.6) is 0 Å². The number of benzene rings is 1. The van der Waals surface area contributed by atoms with Gasteiger partial charge in [0.2, 0.25) is 11.8 Å². The summed E-state index contributed by atoms with van der Waals surface area (Å²) in [6, 6.07) is 7.55. The lowest BCUT2D eigenvalue weighted by Gasteiger charge is -2.25. The number of anilines is 1. The van der Waals surface area contributed by atoms with Gasteiger partial charge in [0.25, 0.3) is 0 Å². The summed E-state index contributed by atoms with van der Waals surface area (Å²) in [5, 5.41) is 14.5. The first-order chi connectivity index (χ1) is 18.1. The Morgan fingerprint density at radius 1 is 1.16 bits per heavy atom. The molecule has 2 aromatic heterocycles. The molecule has 0 spiro atoms. The number of likely N-dealkylation sites (tertiary alicyclic amines) is 2. The molecule has 10 nitrogen and oxygen atoms in total. The fourth-order valence-electron chi connectivity index (χ4n) is 6.99. The van der Waals surface area contributed by atoms with E-state index in [4.69, 9.17) is 11.6 Å². The molecule has 3 amide bonds. The molecule has 7 rings (SSSR count). The van der Waals surface area contributed by atoms with Crippen LogP contribution in [0.25, 0.3) is 16.8 Å². The van der Waals surface area contributed by atoms with Crippen molar-refractivity contribution >= 4 is 40.7 Å². The summed E-state index contributed by atoms with van der Waals surface area (Å²) < 4.78 is 1.71. The van der Waals surface area contributed by atoms with Crippen molar-refractivity contribution in [1.82, 2.24) is 24.4 Å². The van der Waals surface area contributed by atoms with E-state index in [1.807, 2.05) is 44.3 Å². The zero-order valence-electron chi connectivity index (χ0n) is 21.0. The number of nitrogens with zero attached hydrogens (tertiary/aromatic N) is 6. The Bertz CT molecular complexity index is 1510. The minimum absolute atomic E-state index is 0.0342. The maximum absolute atomic E-state index is 12.9. The quantitative estimate of drug-likeness (QED) is 0.511. The SMILES string of the molecule is CC1(C)C2C(=O)N(Cc3cc4c(-c5cc(Cl)ccc5N5C[C@H]6CCN(C(=O)O)[C@H]6C5)ncnn4c3)C(=O)C21. The van der Waals surface area contributed by atoms with Crippen molar-refractivity contribution in [2.45, 2.75) is 32.9 Å². The zero-order valence-corrected chi connectivity index (χ0v) is 21.8. The minimum atomic E-state index is -0.871. The van der Waals surface area contributed by atoms with Gasteiger partial charge in [0.15, 0.2) is 0 Å². The number of hydrogen-bond acceptors (Lipinski definition) is 6. The van der Waals surface area contributed by atoms with Crippen molar-refractivity contribution in [3.63, 3.8) is 0 Å². The second-order valence-corrected chi connectivity index (χ2v) is 11.9. The van der Waals surface area contributed by atoms with E-state index in [-0.39, 0.29) is 47.6 Å². The van der Waals surface area contributed by atoms with E-state index in [9.17, 15) is 19.5 Å². The zero-order chi connectivity index (χ0) is 26.5. The van der Waals surface area contributed by atoms with Gasteiger partial charge >= 0.3 is 6.09 Å². The minimum Gasteiger partial charge on any atom is -0.465 e. The van der Waals surface area contributed by atoms with Gasteiger partial charge in [-0.1, -0.05) is 25.4 Å². The number of carbonyl (C=O) groups is 3. The Kier molecular flexibility index (Phi) is 4.89. The van der Waals surface area contributed by atoms with Crippen LogP contribution in [0.1, 0.15) is 25.8 Å². The molecular weight excluding hydrogens is 508 g/mol. The lowest BCUT2D eigenvalue weighted by molar-refractivity contribution is -0.143. The second kappa shape index (κ2) is 7.92. The molecule has 11 heteroatoms. The predicted molar refractivity (Wildman–Crippen MR) is 139 cm³/mol. The maximum Gasteiger partial charge on any atom is 0.407 e. The fraction of sp³-hybridized carbons (Fsp3) is 0.444. The number of fused-ring (bicyclic) bond motifs is 3. The maximum atomic E-state index is 12.9. The number of carboxylic acid groups (broad SMARTS) is 1. The van der Waals surface area contributed by atoms with Gasteiger partial charge < -0.3 is 14.9 Å². The van der Waals surface area contributed by atoms with E-state index in [1.54, 1.807) is 9.42 Å². The molecule has 38 heavy (non-hydrogen) atoms. The van der Waals surface area contributed by atoms with Gasteiger partial charge in [0.1, 0.15) is 6.33 Å². The number of hydrogen-bond donors (Lipinski definition) is 1. The smallest absolute Gasteiger partial charge is 0.407 e. The van der Waals surface area contributed by atoms with E-state index < -0.39 is 6.09 Å². The van der Waals surface area contributed by atoms with Gasteiger partial charge in [-0.3, -0.25) is 14.5 Å². The third-order valence-electron chi connectivity index (χ3n) is 9.04. The molecule has 2 unspecified atom stereocenters. The van der Waals surface area contributed by atoms with Crippen molar-refractivity contribution in [1.29, 1.82) is 0 Å². The van der Waals surface area contributed by atoms with E-state index in [0.29, 0.717) is 23.8 Å². The van der Waals surface area contributed by atoms with E-state index in [0.717, 1.165) is 35.3 Å². The van der Waals surface area contributed by atoms with Crippen molar-refractivity contribution in [2.75, 3.05) is 24.5 Å². The standard InChI is InChI=1S/C27H27ClN6O4/c1-27(2)21-22(27)25(36)33(24(21)35)9-14-7-19-23(29-13-30-34(19)10-14)17-8-16(28)3-4-18(17)31-11-15-5-6-32(26(37)38)20(15)12-31/h3-4,7-8,10,13,15,20-22H,5-6,9,11-12H2,1-2H3,(H,37,38)/t15-,20+,21?,22?/m1/s1. The summed E-state index contributed by atoms with van der Waals surface area (Å²) in [5.74, 6) is -0.342. The van der Waals surface area contributed by atoms with Crippen LogP contribution >= 0.6 is 11.6 Å². The lowest BCUT2D eigenvalue weighted by atomic mass is 10.0. The van der Waals surface area contributed by atoms with Crippen molar-refractivity contribution < 1.29 is 19.5 Å². The van der Waals surface area contributed by atoms with Crippen molar-refractivity contribution in [2.24, 2.45) is 23.2 Å². The number of piperidine rings is 1. The molecule has 4 atom stereocenters. The van der Waals surface area contributed by atoms with Crippen LogP contribution in [0.2, 0.25) is 5.02 Å². The lowest BCUT2D eigenvalue weighted by Crippen LogP contribution is -2.38. The molecule has 1 saturated carbocycles. The number of carbonyl (C=O) groups excluding carboxylic acids is 2. The van der Waals surface area contributed by atoms with Gasteiger partial charge in [0, 0.05) is 48.0 Å². The molecule has 1 N–H and O–H groups in total. The molecule has 5 heterocycles. The first-order valence-electron chi connectivity index (χ1n) is 12.9. The summed E-state index contributed by atoms with van der Waals surface area (Å²) in [6.45, 7) is 6.09. The topological polar surface area (TPSA) is 111 Å². The fourth-order valence-corrected chi connectivity index (χ4v) is 7.16. The van der Waals surface area contributed by atoms with Crippen molar-refractivity contribution in [3.8, 4) is 11.3 Å². The van der Waals surface area contributed by atoms with Crippen LogP contribution in [0.15, 0.2) is 36.8 Å². The summed E-state index contributed by atoms with van der Waals surface area (Å²) in [5.41, 5.74) is 3.73. The van der Waals surface area contributed by atoms with Gasteiger partial charge in [0.05, 0.1) is 35.6 Å². The Morgan fingerprint density at radius 2 is 1.92 bits per heavy atom. The molecular formula is C27H27ClN6O4. The highest BCUT2D eigenvalue weighted by Gasteiger charge is 2.72. The number of amides is 3. The largest absolute Gasteiger partial charge is 0.465 e. The van der Waals surface area contributed by atoms with Gasteiger partial charge in [-0.25, -0.2) is 14.3 Å². The van der Waals surface area contributed by atoms with E-state index in [2.05, 4.69) is 15.0 Å². The van der Waals surface area contributed by atoms with Gasteiger partial charge in [-0.05, 0) is 41.7 Å². The van der Waals surface area contributed by atoms with Gasteiger partial charge in [-0.2, -0.15) is 5.10 Å². The Hall–Kier alpha value is -3.66. The Labute approximate surface area is 223 Å². The summed E-state index contributed by atoms with van der Waals surface area (Å²) in [7, 11) is 0. The molecule has 3 saturated heterocycles. The molecule has 3 aliphatic heterocycles. The predicted octanol–water partition coefficient (Wildman–Crippen LogP) is 3.38. The number of aromatic nitrogens is 3. The van der Waals surface area contributed by atoms with Gasteiger partial charge in [-0.15, -0.1) is 0 Å². The third kappa shape index (κ3) is 3.28. The molecule has 3 aromatic rings. The normalized spacial score (nSPS) is 27.4. The number of halogens is 1. The molecule has 1 aromatic carbocycles. The third-order valence-corrected chi connectivity index (χ3v) is 9.28. The second-order valence-electron chi connectivity index (χ2n) is 11.5. The van der Waals surface area contributed by atoms with Crippen LogP contribution < -0.4 is 4.90 Å². The van der Waals surface area contributed by atoms with Crippen LogP contribution in [0.3, 0.4) is 0 Å². The first-order valence-corrected chi connectivity index (χ1v) is 13.2. The van der Waals surface area contributed by atoms with Crippen LogP contribution in [0, 0.1) is 23.2 Å². The molecule has 0 bridgehead atoms. The summed E-state index contributed by atoms with van der Waals surface area (Å²) in [4.78, 5) is 47.2. The molecule has 0 radical (unpaired) electrons. The van der Waals surface area contributed by atoms with Crippen molar-refractivity contribution in [3.05, 3.63) is 47.4 Å². The van der Waals surface area contributed by atoms with Crippen LogP contribution in [-0.2, 0) is 16.1 Å². The average molecular weight is 535 g/mol. The highest BCUT2D eigenvalue weighted by molar-refractivity contribution is 6.31. The van der Waals surface area contributed by atoms with Crippen LogP contribution in [-0.4, -0.2) is 73.1 Å². The molecule has 1 aliphatic carbocycles. The summed E-state index contributed by atoms with van der Waals surface area (Å²) in [6.07, 6.45) is 3.28. The first kappa shape index (κ1) is 23.5. The van der Waals surface area contributed by atoms with E-state index >= 15 is 0 Å². The molecule has 4 aliphatic rings. The molecule has 196 valence electrons. The Morgan fingerprint density at radius 3 is 2.66 bits per heavy atom. The number of imide groups is 1. The van der Waals surface area contributed by atoms with E-state index in [1.165, 1.54) is 11.2 Å².